The number of nitrogens with zero attached hydrogens (tertiary/aromatic N) is 3. The molecule has 0 aliphatic heterocycles. The number of hydrogen-bond acceptors (Lipinski definition) is 5. The standard InChI is InChI=1S/C15H12ClN3OS/c1-10(12-4-2-3-5-13(12)16)21-15-19-18-14(20-15)11-6-8-17-9-7-11/h2-10H,1H3/t10-/m0/s1. The van der Waals surface area contributed by atoms with Crippen molar-refractivity contribution in [1.82, 2.24) is 15.2 Å². The van der Waals surface area contributed by atoms with Gasteiger partial charge in [-0.15, -0.1) is 10.2 Å². The van der Waals surface area contributed by atoms with Crippen LogP contribution in [0.2, 0.25) is 5.02 Å². The minimum absolute atomic E-state index is 0.129. The summed E-state index contributed by atoms with van der Waals surface area (Å²) < 4.78 is 5.67. The van der Waals surface area contributed by atoms with Crippen molar-refractivity contribution in [3.05, 3.63) is 59.4 Å². The lowest BCUT2D eigenvalue weighted by molar-refractivity contribution is 0.465. The van der Waals surface area contributed by atoms with Crippen LogP contribution in [-0.2, 0) is 0 Å². The SMILES string of the molecule is C[C@H](Sc1nnc(-c2ccncc2)o1)c1ccccc1Cl. The number of thioether (sulfide) groups is 1. The summed E-state index contributed by atoms with van der Waals surface area (Å²) in [6, 6.07) is 11.4. The van der Waals surface area contributed by atoms with Gasteiger partial charge in [-0.3, -0.25) is 4.98 Å². The van der Waals surface area contributed by atoms with Crippen LogP contribution in [0, 0.1) is 0 Å². The Kier molecular flexibility index (Phi) is 4.22. The molecule has 3 rings (SSSR count). The third-order valence-corrected chi connectivity index (χ3v) is 4.27. The summed E-state index contributed by atoms with van der Waals surface area (Å²) in [7, 11) is 0. The third kappa shape index (κ3) is 3.25. The highest BCUT2D eigenvalue weighted by atomic mass is 35.5. The molecule has 3 aromatic rings. The normalized spacial score (nSPS) is 12.3. The second-order valence-electron chi connectivity index (χ2n) is 4.39. The molecule has 0 saturated carbocycles. The Hall–Kier alpha value is -1.85. The Bertz CT molecular complexity index is 733. The van der Waals surface area contributed by atoms with E-state index in [1.807, 2.05) is 36.4 Å². The third-order valence-electron chi connectivity index (χ3n) is 2.95. The van der Waals surface area contributed by atoms with Crippen molar-refractivity contribution in [1.29, 1.82) is 0 Å². The van der Waals surface area contributed by atoms with Gasteiger partial charge in [0, 0.05) is 28.2 Å². The van der Waals surface area contributed by atoms with E-state index in [1.54, 1.807) is 12.4 Å². The molecule has 1 aromatic carbocycles. The van der Waals surface area contributed by atoms with Crippen molar-refractivity contribution in [3.63, 3.8) is 0 Å². The Morgan fingerprint density at radius 1 is 1.10 bits per heavy atom. The van der Waals surface area contributed by atoms with Crippen LogP contribution in [0.5, 0.6) is 0 Å². The van der Waals surface area contributed by atoms with Gasteiger partial charge in [0.1, 0.15) is 0 Å². The zero-order valence-electron chi connectivity index (χ0n) is 11.2. The van der Waals surface area contributed by atoms with E-state index < -0.39 is 0 Å². The summed E-state index contributed by atoms with van der Waals surface area (Å²) in [6.07, 6.45) is 3.39. The maximum Gasteiger partial charge on any atom is 0.277 e. The van der Waals surface area contributed by atoms with Crippen molar-refractivity contribution in [2.24, 2.45) is 0 Å². The lowest BCUT2D eigenvalue weighted by Crippen LogP contribution is -1.89. The quantitative estimate of drug-likeness (QED) is 0.656. The first-order valence-corrected chi connectivity index (χ1v) is 7.65. The number of aromatic nitrogens is 3. The molecule has 0 bridgehead atoms. The molecular formula is C15H12ClN3OS. The fourth-order valence-corrected chi connectivity index (χ4v) is 3.10. The monoisotopic (exact) mass is 317 g/mol. The predicted molar refractivity (Wildman–Crippen MR) is 83.3 cm³/mol. The minimum atomic E-state index is 0.129. The summed E-state index contributed by atoms with van der Waals surface area (Å²) in [5.41, 5.74) is 1.91. The molecule has 0 radical (unpaired) electrons. The van der Waals surface area contributed by atoms with Gasteiger partial charge in [0.15, 0.2) is 0 Å². The van der Waals surface area contributed by atoms with Crippen molar-refractivity contribution in [3.8, 4) is 11.5 Å². The van der Waals surface area contributed by atoms with Gasteiger partial charge in [-0.2, -0.15) is 0 Å². The number of benzene rings is 1. The van der Waals surface area contributed by atoms with E-state index in [1.165, 1.54) is 11.8 Å². The summed E-state index contributed by atoms with van der Waals surface area (Å²) in [5, 5.41) is 9.52. The summed E-state index contributed by atoms with van der Waals surface area (Å²) in [4.78, 5) is 3.97. The van der Waals surface area contributed by atoms with E-state index in [4.69, 9.17) is 16.0 Å². The number of pyridine rings is 1. The topological polar surface area (TPSA) is 51.8 Å². The van der Waals surface area contributed by atoms with Crippen molar-refractivity contribution in [2.45, 2.75) is 17.4 Å². The van der Waals surface area contributed by atoms with Crippen LogP contribution in [0.1, 0.15) is 17.7 Å². The number of rotatable bonds is 4. The van der Waals surface area contributed by atoms with Gasteiger partial charge in [-0.05, 0) is 30.7 Å². The van der Waals surface area contributed by atoms with Gasteiger partial charge in [0.2, 0.25) is 5.89 Å². The molecule has 1 atom stereocenters. The molecule has 6 heteroatoms. The van der Waals surface area contributed by atoms with Crippen LogP contribution in [0.3, 0.4) is 0 Å². The van der Waals surface area contributed by atoms with Crippen LogP contribution >= 0.6 is 23.4 Å². The molecule has 0 N–H and O–H groups in total. The Morgan fingerprint density at radius 3 is 2.62 bits per heavy atom. The fraction of sp³-hybridized carbons (Fsp3) is 0.133. The average Bonchev–Trinajstić information content (AvgIpc) is 2.97. The molecule has 21 heavy (non-hydrogen) atoms. The van der Waals surface area contributed by atoms with E-state index >= 15 is 0 Å². The molecule has 2 heterocycles. The highest BCUT2D eigenvalue weighted by molar-refractivity contribution is 7.99. The van der Waals surface area contributed by atoms with E-state index in [-0.39, 0.29) is 5.25 Å². The average molecular weight is 318 g/mol. The van der Waals surface area contributed by atoms with Gasteiger partial charge in [0.25, 0.3) is 5.22 Å². The first-order valence-electron chi connectivity index (χ1n) is 6.39. The van der Waals surface area contributed by atoms with Crippen LogP contribution < -0.4 is 0 Å². The Labute approximate surface area is 131 Å². The molecule has 106 valence electrons. The predicted octanol–water partition coefficient (Wildman–Crippen LogP) is 4.64. The maximum absolute atomic E-state index is 6.20. The maximum atomic E-state index is 6.20. The molecule has 0 aliphatic carbocycles. The zero-order valence-corrected chi connectivity index (χ0v) is 12.8. The first-order chi connectivity index (χ1) is 10.2. The lowest BCUT2D eigenvalue weighted by Gasteiger charge is -2.10. The lowest BCUT2D eigenvalue weighted by atomic mass is 10.2. The largest absolute Gasteiger partial charge is 0.411 e. The van der Waals surface area contributed by atoms with E-state index in [9.17, 15) is 0 Å². The smallest absolute Gasteiger partial charge is 0.277 e. The highest BCUT2D eigenvalue weighted by Crippen LogP contribution is 2.37. The molecular weight excluding hydrogens is 306 g/mol. The van der Waals surface area contributed by atoms with Gasteiger partial charge in [-0.25, -0.2) is 0 Å². The van der Waals surface area contributed by atoms with Crippen LogP contribution in [-0.4, -0.2) is 15.2 Å². The molecule has 0 fully saturated rings. The summed E-state index contributed by atoms with van der Waals surface area (Å²) >= 11 is 7.69. The van der Waals surface area contributed by atoms with Crippen molar-refractivity contribution < 1.29 is 4.42 Å². The summed E-state index contributed by atoms with van der Waals surface area (Å²) in [5.74, 6) is 0.492. The van der Waals surface area contributed by atoms with Crippen LogP contribution in [0.4, 0.5) is 0 Å². The molecule has 0 aliphatic rings. The summed E-state index contributed by atoms with van der Waals surface area (Å²) in [6.45, 7) is 2.06. The molecule has 0 unspecified atom stereocenters. The minimum Gasteiger partial charge on any atom is -0.411 e. The Balaban J connectivity index is 1.77. The van der Waals surface area contributed by atoms with E-state index in [2.05, 4.69) is 22.1 Å². The molecule has 0 spiro atoms. The Morgan fingerprint density at radius 2 is 1.86 bits per heavy atom. The van der Waals surface area contributed by atoms with Gasteiger partial charge in [-0.1, -0.05) is 41.6 Å². The second-order valence-corrected chi connectivity index (χ2v) is 6.09. The van der Waals surface area contributed by atoms with E-state index in [0.29, 0.717) is 11.1 Å². The molecule has 4 nitrogen and oxygen atoms in total. The van der Waals surface area contributed by atoms with Gasteiger partial charge >= 0.3 is 0 Å². The first kappa shape index (κ1) is 14.1. The van der Waals surface area contributed by atoms with E-state index in [0.717, 1.165) is 16.1 Å². The van der Waals surface area contributed by atoms with Crippen LogP contribution in [0.15, 0.2) is 58.4 Å². The molecule has 0 amide bonds. The fourth-order valence-electron chi connectivity index (χ4n) is 1.89. The molecule has 0 saturated heterocycles. The molecule has 2 aromatic heterocycles. The van der Waals surface area contributed by atoms with Crippen molar-refractivity contribution >= 4 is 23.4 Å². The highest BCUT2D eigenvalue weighted by Gasteiger charge is 2.15. The van der Waals surface area contributed by atoms with Gasteiger partial charge in [0.05, 0.1) is 0 Å². The number of halogens is 1. The van der Waals surface area contributed by atoms with Gasteiger partial charge < -0.3 is 4.42 Å². The number of hydrogen-bond donors (Lipinski definition) is 0. The second kappa shape index (κ2) is 6.28. The van der Waals surface area contributed by atoms with Crippen molar-refractivity contribution in [2.75, 3.05) is 0 Å². The zero-order chi connectivity index (χ0) is 14.7. The van der Waals surface area contributed by atoms with Crippen LogP contribution in [0.25, 0.3) is 11.5 Å².